The van der Waals surface area contributed by atoms with Gasteiger partial charge in [0.05, 0.1) is 18.8 Å². The SMILES string of the molecule is O=C1c2c(F)cc(C3CC3)cc2OCCN1Cc1ccc(Br)cn1. The quantitative estimate of drug-likeness (QED) is 0.797. The lowest BCUT2D eigenvalue weighted by Gasteiger charge is -2.19. The Balaban J connectivity index is 1.63. The van der Waals surface area contributed by atoms with Gasteiger partial charge in [-0.3, -0.25) is 9.78 Å². The zero-order valence-corrected chi connectivity index (χ0v) is 14.6. The largest absolute Gasteiger partial charge is 0.491 e. The molecule has 1 amide bonds. The minimum atomic E-state index is -0.491. The van der Waals surface area contributed by atoms with E-state index in [4.69, 9.17) is 4.74 Å². The van der Waals surface area contributed by atoms with Crippen molar-refractivity contribution in [2.24, 2.45) is 0 Å². The molecule has 1 aliphatic heterocycles. The first-order chi connectivity index (χ1) is 11.6. The summed E-state index contributed by atoms with van der Waals surface area (Å²) in [5, 5.41) is 0. The number of pyridine rings is 1. The molecule has 0 spiro atoms. The average Bonchev–Trinajstić information content (AvgIpc) is 3.39. The van der Waals surface area contributed by atoms with Crippen molar-refractivity contribution in [3.63, 3.8) is 0 Å². The van der Waals surface area contributed by atoms with Crippen LogP contribution in [0.2, 0.25) is 0 Å². The van der Waals surface area contributed by atoms with Gasteiger partial charge in [0.25, 0.3) is 5.91 Å². The summed E-state index contributed by atoms with van der Waals surface area (Å²) in [6.45, 7) is 1.09. The average molecular weight is 391 g/mol. The van der Waals surface area contributed by atoms with Gasteiger partial charge >= 0.3 is 0 Å². The maximum atomic E-state index is 14.6. The number of benzene rings is 1. The Kier molecular flexibility index (Phi) is 4.00. The fraction of sp³-hybridized carbons (Fsp3) is 0.333. The fourth-order valence-electron chi connectivity index (χ4n) is 2.95. The zero-order valence-electron chi connectivity index (χ0n) is 13.0. The normalized spacial score (nSPS) is 17.2. The van der Waals surface area contributed by atoms with E-state index < -0.39 is 5.82 Å². The number of carbonyl (C=O) groups excluding carboxylic acids is 1. The van der Waals surface area contributed by atoms with Crippen LogP contribution in [-0.4, -0.2) is 28.9 Å². The van der Waals surface area contributed by atoms with Crippen molar-refractivity contribution < 1.29 is 13.9 Å². The second-order valence-corrected chi connectivity index (χ2v) is 7.11. The summed E-state index contributed by atoms with van der Waals surface area (Å²) >= 11 is 3.34. The maximum Gasteiger partial charge on any atom is 0.261 e. The van der Waals surface area contributed by atoms with Crippen LogP contribution in [0.15, 0.2) is 34.9 Å². The van der Waals surface area contributed by atoms with Crippen LogP contribution >= 0.6 is 15.9 Å². The molecule has 2 aliphatic rings. The van der Waals surface area contributed by atoms with Gasteiger partial charge in [-0.2, -0.15) is 0 Å². The molecule has 0 radical (unpaired) electrons. The molecular formula is C18H16BrFN2O2. The topological polar surface area (TPSA) is 42.4 Å². The Morgan fingerprint density at radius 2 is 2.17 bits per heavy atom. The molecule has 1 aromatic heterocycles. The van der Waals surface area contributed by atoms with Gasteiger partial charge in [-0.25, -0.2) is 4.39 Å². The summed E-state index contributed by atoms with van der Waals surface area (Å²) in [6, 6.07) is 7.03. The van der Waals surface area contributed by atoms with Crippen LogP contribution in [0, 0.1) is 5.82 Å². The summed E-state index contributed by atoms with van der Waals surface area (Å²) in [6.07, 6.45) is 3.84. The van der Waals surface area contributed by atoms with Crippen molar-refractivity contribution in [1.82, 2.24) is 9.88 Å². The molecule has 0 unspecified atom stereocenters. The molecule has 2 heterocycles. The third-order valence-electron chi connectivity index (χ3n) is 4.39. The molecule has 4 nitrogen and oxygen atoms in total. The molecule has 0 atom stereocenters. The van der Waals surface area contributed by atoms with Gasteiger partial charge in [0.2, 0.25) is 0 Å². The van der Waals surface area contributed by atoms with E-state index >= 15 is 0 Å². The lowest BCUT2D eigenvalue weighted by atomic mass is 10.0. The Hall–Kier alpha value is -1.95. The number of halogens is 2. The number of fused-ring (bicyclic) bond motifs is 1. The van der Waals surface area contributed by atoms with E-state index in [0.717, 1.165) is 28.6 Å². The monoisotopic (exact) mass is 390 g/mol. The van der Waals surface area contributed by atoms with Crippen molar-refractivity contribution in [2.75, 3.05) is 13.2 Å². The molecule has 24 heavy (non-hydrogen) atoms. The van der Waals surface area contributed by atoms with Crippen LogP contribution in [0.4, 0.5) is 4.39 Å². The summed E-state index contributed by atoms with van der Waals surface area (Å²) in [4.78, 5) is 18.7. The molecule has 4 rings (SSSR count). The predicted octanol–water partition coefficient (Wildman–Crippen LogP) is 3.90. The van der Waals surface area contributed by atoms with E-state index in [-0.39, 0.29) is 11.5 Å². The summed E-state index contributed by atoms with van der Waals surface area (Å²) in [7, 11) is 0. The molecule has 2 aromatic rings. The van der Waals surface area contributed by atoms with E-state index in [0.29, 0.717) is 31.4 Å². The van der Waals surface area contributed by atoms with Gasteiger partial charge < -0.3 is 9.64 Å². The third-order valence-corrected chi connectivity index (χ3v) is 4.86. The third kappa shape index (κ3) is 3.02. The Morgan fingerprint density at radius 1 is 1.33 bits per heavy atom. The molecule has 6 heteroatoms. The van der Waals surface area contributed by atoms with E-state index in [1.807, 2.05) is 18.2 Å². The first-order valence-corrected chi connectivity index (χ1v) is 8.77. The highest BCUT2D eigenvalue weighted by Crippen LogP contribution is 2.42. The van der Waals surface area contributed by atoms with Crippen molar-refractivity contribution in [3.8, 4) is 5.75 Å². The number of hydrogen-bond acceptors (Lipinski definition) is 3. The van der Waals surface area contributed by atoms with Crippen molar-refractivity contribution in [1.29, 1.82) is 0 Å². The first kappa shape index (κ1) is 15.6. The van der Waals surface area contributed by atoms with Gasteiger partial charge in [-0.15, -0.1) is 0 Å². The Bertz CT molecular complexity index is 790. The van der Waals surface area contributed by atoms with Gasteiger partial charge in [-0.1, -0.05) is 0 Å². The molecule has 124 valence electrons. The zero-order chi connectivity index (χ0) is 16.7. The number of aromatic nitrogens is 1. The van der Waals surface area contributed by atoms with Crippen molar-refractivity contribution in [2.45, 2.75) is 25.3 Å². The van der Waals surface area contributed by atoms with Crippen LogP contribution in [0.3, 0.4) is 0 Å². The second kappa shape index (κ2) is 6.16. The molecule has 1 aromatic carbocycles. The maximum absolute atomic E-state index is 14.6. The van der Waals surface area contributed by atoms with Gasteiger partial charge in [0, 0.05) is 10.7 Å². The highest BCUT2D eigenvalue weighted by atomic mass is 79.9. The highest BCUT2D eigenvalue weighted by molar-refractivity contribution is 9.10. The molecule has 0 saturated heterocycles. The van der Waals surface area contributed by atoms with Crippen LogP contribution in [-0.2, 0) is 6.54 Å². The number of nitrogens with zero attached hydrogens (tertiary/aromatic N) is 2. The molecular weight excluding hydrogens is 375 g/mol. The number of carbonyl (C=O) groups is 1. The van der Waals surface area contributed by atoms with Crippen LogP contribution < -0.4 is 4.74 Å². The lowest BCUT2D eigenvalue weighted by molar-refractivity contribution is 0.0737. The molecule has 1 aliphatic carbocycles. The molecule has 1 fully saturated rings. The standard InChI is InChI=1S/C18H16BrFN2O2/c19-13-3-4-14(21-9-13)10-22-5-6-24-16-8-12(11-1-2-11)7-15(20)17(16)18(22)23/h3-4,7-9,11H,1-2,5-6,10H2. The minimum Gasteiger partial charge on any atom is -0.491 e. The van der Waals surface area contributed by atoms with Gasteiger partial charge in [-0.05, 0) is 64.5 Å². The van der Waals surface area contributed by atoms with Crippen LogP contribution in [0.5, 0.6) is 5.75 Å². The van der Waals surface area contributed by atoms with Crippen LogP contribution in [0.1, 0.15) is 40.4 Å². The Morgan fingerprint density at radius 3 is 2.88 bits per heavy atom. The van der Waals surface area contributed by atoms with Gasteiger partial charge in [0.1, 0.15) is 23.7 Å². The van der Waals surface area contributed by atoms with Crippen LogP contribution in [0.25, 0.3) is 0 Å². The Labute approximate surface area is 147 Å². The van der Waals surface area contributed by atoms with Crippen molar-refractivity contribution >= 4 is 21.8 Å². The molecule has 0 N–H and O–H groups in total. The summed E-state index contributed by atoms with van der Waals surface area (Å²) in [5.74, 6) is -0.0508. The van der Waals surface area contributed by atoms with Crippen molar-refractivity contribution in [3.05, 3.63) is 57.6 Å². The fourth-order valence-corrected chi connectivity index (χ4v) is 3.18. The molecule has 1 saturated carbocycles. The predicted molar refractivity (Wildman–Crippen MR) is 90.5 cm³/mol. The highest BCUT2D eigenvalue weighted by Gasteiger charge is 2.31. The number of rotatable bonds is 3. The second-order valence-electron chi connectivity index (χ2n) is 6.19. The van der Waals surface area contributed by atoms with E-state index in [9.17, 15) is 9.18 Å². The first-order valence-electron chi connectivity index (χ1n) is 7.98. The number of hydrogen-bond donors (Lipinski definition) is 0. The van der Waals surface area contributed by atoms with E-state index in [1.165, 1.54) is 6.07 Å². The number of amides is 1. The van der Waals surface area contributed by atoms with E-state index in [1.54, 1.807) is 11.1 Å². The number of ether oxygens (including phenoxy) is 1. The summed E-state index contributed by atoms with van der Waals surface area (Å²) < 4.78 is 21.1. The van der Waals surface area contributed by atoms with Gasteiger partial charge in [0.15, 0.2) is 0 Å². The smallest absolute Gasteiger partial charge is 0.261 e. The van der Waals surface area contributed by atoms with E-state index in [2.05, 4.69) is 20.9 Å². The lowest BCUT2D eigenvalue weighted by Crippen LogP contribution is -2.32. The minimum absolute atomic E-state index is 0.0361. The summed E-state index contributed by atoms with van der Waals surface area (Å²) in [5.41, 5.74) is 1.72. The molecule has 0 bridgehead atoms.